The number of carbonyl (C=O) groups is 1. The monoisotopic (exact) mass is 578 g/mol. The molecule has 0 bridgehead atoms. The van der Waals surface area contributed by atoms with E-state index in [0.29, 0.717) is 69.5 Å². The Morgan fingerprint density at radius 2 is 1.52 bits per heavy atom. The van der Waals surface area contributed by atoms with Crippen LogP contribution in [0.1, 0.15) is 41.6 Å². The Morgan fingerprint density at radius 1 is 0.833 bits per heavy atom. The predicted octanol–water partition coefficient (Wildman–Crippen LogP) is 2.71. The summed E-state index contributed by atoms with van der Waals surface area (Å²) in [5, 5.41) is 22.7. The number of ether oxygens (including phenoxy) is 2. The molecule has 12 heteroatoms. The third-order valence-electron chi connectivity index (χ3n) is 6.77. The quantitative estimate of drug-likeness (QED) is 0.130. The first-order chi connectivity index (χ1) is 20.6. The van der Waals surface area contributed by atoms with Crippen molar-refractivity contribution in [1.82, 2.24) is 20.3 Å². The molecule has 42 heavy (non-hydrogen) atoms. The van der Waals surface area contributed by atoms with Gasteiger partial charge in [0, 0.05) is 36.9 Å². The number of hydrogen-bond donors (Lipinski definition) is 6. The lowest BCUT2D eigenvalue weighted by Gasteiger charge is -2.26. The SMILES string of the molecule is NCCOCCOCCNC(=O)c1ccc(Nc2nc(NCCc3ccccc3)nc(NC3CCC(O)CC3)n2)cc1. The van der Waals surface area contributed by atoms with E-state index in [1.54, 1.807) is 12.1 Å². The zero-order valence-corrected chi connectivity index (χ0v) is 23.9. The van der Waals surface area contributed by atoms with Gasteiger partial charge in [-0.3, -0.25) is 4.79 Å². The van der Waals surface area contributed by atoms with E-state index in [1.165, 1.54) is 5.56 Å². The molecule has 2 aromatic carbocycles. The van der Waals surface area contributed by atoms with Gasteiger partial charge < -0.3 is 41.6 Å². The second kappa shape index (κ2) is 17.2. The normalized spacial score (nSPS) is 16.5. The van der Waals surface area contributed by atoms with Crippen LogP contribution >= 0.6 is 0 Å². The molecule has 1 aliphatic rings. The summed E-state index contributed by atoms with van der Waals surface area (Å²) in [7, 11) is 0. The fourth-order valence-electron chi connectivity index (χ4n) is 4.52. The minimum atomic E-state index is -0.237. The Balaban J connectivity index is 1.32. The van der Waals surface area contributed by atoms with E-state index in [0.717, 1.165) is 37.8 Å². The Bertz CT molecular complexity index is 1210. The van der Waals surface area contributed by atoms with Crippen molar-refractivity contribution >= 4 is 29.4 Å². The van der Waals surface area contributed by atoms with E-state index >= 15 is 0 Å². The van der Waals surface area contributed by atoms with Crippen LogP contribution in [-0.4, -0.2) is 84.2 Å². The number of benzene rings is 2. The fourth-order valence-corrected chi connectivity index (χ4v) is 4.52. The highest BCUT2D eigenvalue weighted by atomic mass is 16.5. The van der Waals surface area contributed by atoms with Crippen LogP contribution in [0.3, 0.4) is 0 Å². The van der Waals surface area contributed by atoms with E-state index in [2.05, 4.69) is 48.4 Å². The van der Waals surface area contributed by atoms with E-state index in [9.17, 15) is 9.90 Å². The molecule has 1 aromatic heterocycles. The molecule has 226 valence electrons. The Hall–Kier alpha value is -3.84. The first-order valence-corrected chi connectivity index (χ1v) is 14.6. The maximum Gasteiger partial charge on any atom is 0.251 e. The molecule has 1 aliphatic carbocycles. The van der Waals surface area contributed by atoms with Crippen molar-refractivity contribution < 1.29 is 19.4 Å². The summed E-state index contributed by atoms with van der Waals surface area (Å²) in [5.74, 6) is 1.14. The maximum atomic E-state index is 12.5. The summed E-state index contributed by atoms with van der Waals surface area (Å²) in [6.45, 7) is 3.40. The van der Waals surface area contributed by atoms with Crippen molar-refractivity contribution in [3.63, 3.8) is 0 Å². The van der Waals surface area contributed by atoms with Gasteiger partial charge in [0.2, 0.25) is 17.8 Å². The Kier molecular flexibility index (Phi) is 12.7. The topological polar surface area (TPSA) is 169 Å². The highest BCUT2D eigenvalue weighted by molar-refractivity contribution is 5.94. The number of aliphatic hydroxyl groups excluding tert-OH is 1. The number of carbonyl (C=O) groups excluding carboxylic acids is 1. The highest BCUT2D eigenvalue weighted by Gasteiger charge is 2.20. The average Bonchev–Trinajstić information content (AvgIpc) is 3.00. The molecule has 4 rings (SSSR count). The number of aliphatic hydroxyl groups is 1. The number of nitrogens with one attached hydrogen (secondary N) is 4. The summed E-state index contributed by atoms with van der Waals surface area (Å²) in [4.78, 5) is 26.3. The van der Waals surface area contributed by atoms with Crippen molar-refractivity contribution in [2.75, 3.05) is 62.0 Å². The van der Waals surface area contributed by atoms with Gasteiger partial charge in [0.05, 0.1) is 32.5 Å². The molecule has 1 heterocycles. The van der Waals surface area contributed by atoms with Gasteiger partial charge in [-0.25, -0.2) is 0 Å². The molecule has 0 spiro atoms. The molecule has 0 radical (unpaired) electrons. The van der Waals surface area contributed by atoms with Gasteiger partial charge in [-0.2, -0.15) is 15.0 Å². The van der Waals surface area contributed by atoms with Crippen molar-refractivity contribution in [3.8, 4) is 0 Å². The molecular weight excluding hydrogens is 536 g/mol. The van der Waals surface area contributed by atoms with Crippen molar-refractivity contribution in [3.05, 3.63) is 65.7 Å². The predicted molar refractivity (Wildman–Crippen MR) is 163 cm³/mol. The van der Waals surface area contributed by atoms with Gasteiger partial charge in [0.15, 0.2) is 0 Å². The lowest BCUT2D eigenvalue weighted by Crippen LogP contribution is -2.29. The average molecular weight is 579 g/mol. The molecule has 0 aliphatic heterocycles. The first kappa shape index (κ1) is 31.1. The minimum absolute atomic E-state index is 0.182. The molecule has 7 N–H and O–H groups in total. The minimum Gasteiger partial charge on any atom is -0.393 e. The van der Waals surface area contributed by atoms with E-state index < -0.39 is 0 Å². The smallest absolute Gasteiger partial charge is 0.251 e. The molecule has 1 amide bonds. The molecule has 3 aromatic rings. The van der Waals surface area contributed by atoms with Crippen LogP contribution < -0.4 is 27.0 Å². The van der Waals surface area contributed by atoms with Crippen molar-refractivity contribution in [2.45, 2.75) is 44.2 Å². The van der Waals surface area contributed by atoms with Crippen LogP contribution in [0.4, 0.5) is 23.5 Å². The van der Waals surface area contributed by atoms with E-state index in [-0.39, 0.29) is 18.1 Å². The Morgan fingerprint density at radius 3 is 2.26 bits per heavy atom. The van der Waals surface area contributed by atoms with Gasteiger partial charge in [-0.15, -0.1) is 0 Å². The lowest BCUT2D eigenvalue weighted by molar-refractivity contribution is 0.0511. The molecule has 1 fully saturated rings. The second-order valence-corrected chi connectivity index (χ2v) is 10.1. The van der Waals surface area contributed by atoms with E-state index in [4.69, 9.17) is 15.2 Å². The molecule has 0 atom stereocenters. The second-order valence-electron chi connectivity index (χ2n) is 10.1. The van der Waals surface area contributed by atoms with Gasteiger partial charge >= 0.3 is 0 Å². The number of nitrogens with zero attached hydrogens (tertiary/aromatic N) is 3. The van der Waals surface area contributed by atoms with Crippen molar-refractivity contribution in [1.29, 1.82) is 0 Å². The summed E-state index contributed by atoms with van der Waals surface area (Å²) in [6.07, 6.45) is 3.81. The van der Waals surface area contributed by atoms with Crippen LogP contribution in [-0.2, 0) is 15.9 Å². The van der Waals surface area contributed by atoms with Crippen LogP contribution in [0.15, 0.2) is 54.6 Å². The van der Waals surface area contributed by atoms with Gasteiger partial charge in [-0.1, -0.05) is 30.3 Å². The van der Waals surface area contributed by atoms with E-state index in [1.807, 2.05) is 30.3 Å². The zero-order valence-electron chi connectivity index (χ0n) is 23.9. The number of rotatable bonds is 17. The zero-order chi connectivity index (χ0) is 29.4. The van der Waals surface area contributed by atoms with Crippen LogP contribution in [0.25, 0.3) is 0 Å². The molecule has 0 saturated heterocycles. The molecule has 12 nitrogen and oxygen atoms in total. The number of hydrogen-bond acceptors (Lipinski definition) is 11. The van der Waals surface area contributed by atoms with Gasteiger partial charge in [0.1, 0.15) is 0 Å². The third-order valence-corrected chi connectivity index (χ3v) is 6.77. The lowest BCUT2D eigenvalue weighted by atomic mass is 9.93. The standard InChI is InChI=1S/C30H42N8O4/c31-15-18-41-20-21-42-19-17-32-27(40)23-6-8-24(9-7-23)34-29-36-28(33-16-14-22-4-2-1-3-5-22)37-30(38-29)35-25-10-12-26(39)13-11-25/h1-9,25-26,39H,10-21,31H2,(H,32,40)(H3,33,34,35,36,37,38). The van der Waals surface area contributed by atoms with Crippen molar-refractivity contribution in [2.24, 2.45) is 5.73 Å². The van der Waals surface area contributed by atoms with Gasteiger partial charge in [0.25, 0.3) is 5.91 Å². The van der Waals surface area contributed by atoms with Crippen LogP contribution in [0.2, 0.25) is 0 Å². The molecular formula is C30H42N8O4. The number of aromatic nitrogens is 3. The number of anilines is 4. The summed E-state index contributed by atoms with van der Waals surface area (Å²) < 4.78 is 10.7. The number of amides is 1. The fraction of sp³-hybridized carbons (Fsp3) is 0.467. The highest BCUT2D eigenvalue weighted by Crippen LogP contribution is 2.22. The molecule has 0 unspecified atom stereocenters. The summed E-state index contributed by atoms with van der Waals surface area (Å²) in [5.41, 5.74) is 7.86. The summed E-state index contributed by atoms with van der Waals surface area (Å²) >= 11 is 0. The largest absolute Gasteiger partial charge is 0.393 e. The maximum absolute atomic E-state index is 12.5. The van der Waals surface area contributed by atoms with Gasteiger partial charge in [-0.05, 0) is 61.9 Å². The van der Waals surface area contributed by atoms with Crippen LogP contribution in [0.5, 0.6) is 0 Å². The number of nitrogens with two attached hydrogens (primary N) is 1. The Labute approximate surface area is 246 Å². The third kappa shape index (κ3) is 10.9. The summed E-state index contributed by atoms with van der Waals surface area (Å²) in [6, 6.07) is 17.5. The molecule has 1 saturated carbocycles. The van der Waals surface area contributed by atoms with Crippen LogP contribution in [0, 0.1) is 0 Å². The first-order valence-electron chi connectivity index (χ1n) is 14.6.